The second-order valence-corrected chi connectivity index (χ2v) is 10.0. The van der Waals surface area contributed by atoms with Gasteiger partial charge in [0.05, 0.1) is 30.7 Å². The van der Waals surface area contributed by atoms with Crippen LogP contribution in [0.25, 0.3) is 0 Å². The van der Waals surface area contributed by atoms with E-state index in [1.54, 1.807) is 0 Å². The van der Waals surface area contributed by atoms with Crippen LogP contribution in [0, 0.1) is 23.7 Å². The fraction of sp³-hybridized carbons (Fsp3) is 0.864. The van der Waals surface area contributed by atoms with Crippen LogP contribution in [0.15, 0.2) is 12.2 Å². The van der Waals surface area contributed by atoms with Gasteiger partial charge in [-0.15, -0.1) is 0 Å². The molecule has 0 aromatic heterocycles. The van der Waals surface area contributed by atoms with Gasteiger partial charge in [0, 0.05) is 5.92 Å². The summed E-state index contributed by atoms with van der Waals surface area (Å²) in [6.45, 7) is 0.349. The normalized spacial score (nSPS) is 34.7. The van der Waals surface area contributed by atoms with E-state index < -0.39 is 12.1 Å². The minimum Gasteiger partial charge on any atom is -0.481 e. The monoisotopic (exact) mass is 412 g/mol. The summed E-state index contributed by atoms with van der Waals surface area (Å²) in [5.74, 6) is 2.17. The zero-order valence-corrected chi connectivity index (χ0v) is 17.6. The zero-order chi connectivity index (χ0) is 19.9. The summed E-state index contributed by atoms with van der Waals surface area (Å²) in [5.41, 5.74) is 0. The lowest BCUT2D eigenvalue weighted by Gasteiger charge is -2.23. The molecule has 2 unspecified atom stereocenters. The Bertz CT molecular complexity index is 519. The molecule has 5 nitrogen and oxygen atoms in total. The second kappa shape index (κ2) is 11.0. The molecule has 6 heteroatoms. The number of hydrogen-bond acceptors (Lipinski definition) is 5. The predicted molar refractivity (Wildman–Crippen MR) is 111 cm³/mol. The summed E-state index contributed by atoms with van der Waals surface area (Å²) in [6.07, 6.45) is 13.4. The van der Waals surface area contributed by atoms with Crippen LogP contribution in [0.3, 0.4) is 0 Å². The summed E-state index contributed by atoms with van der Waals surface area (Å²) in [7, 11) is 0. The molecule has 28 heavy (non-hydrogen) atoms. The van der Waals surface area contributed by atoms with E-state index in [9.17, 15) is 15.0 Å². The quantitative estimate of drug-likeness (QED) is 0.376. The van der Waals surface area contributed by atoms with Crippen molar-refractivity contribution in [2.24, 2.45) is 23.7 Å². The van der Waals surface area contributed by atoms with Crippen LogP contribution in [-0.2, 0) is 9.53 Å². The Labute approximate surface area is 172 Å². The molecule has 3 saturated carbocycles. The van der Waals surface area contributed by atoms with Crippen molar-refractivity contribution in [2.45, 2.75) is 76.1 Å². The lowest BCUT2D eigenvalue weighted by atomic mass is 9.89. The van der Waals surface area contributed by atoms with Gasteiger partial charge in [-0.3, -0.25) is 4.79 Å². The third-order valence-electron chi connectivity index (χ3n) is 6.84. The molecular weight excluding hydrogens is 376 g/mol. The highest BCUT2D eigenvalue weighted by molar-refractivity contribution is 7.99. The number of hydrogen-bond donors (Lipinski definition) is 3. The first-order valence-electron chi connectivity index (χ1n) is 11.0. The summed E-state index contributed by atoms with van der Waals surface area (Å²) in [4.78, 5) is 10.6. The predicted octanol–water partition coefficient (Wildman–Crippen LogP) is 3.48. The van der Waals surface area contributed by atoms with Crippen LogP contribution in [0.2, 0.25) is 0 Å². The van der Waals surface area contributed by atoms with Gasteiger partial charge >= 0.3 is 5.97 Å². The molecule has 3 aliphatic rings. The van der Waals surface area contributed by atoms with Crippen LogP contribution < -0.4 is 0 Å². The number of fused-ring (bicyclic) bond motifs is 1. The molecule has 3 fully saturated rings. The number of thioether (sulfide) groups is 1. The first-order valence-corrected chi connectivity index (χ1v) is 12.1. The van der Waals surface area contributed by atoms with Gasteiger partial charge in [-0.25, -0.2) is 0 Å². The summed E-state index contributed by atoms with van der Waals surface area (Å²) < 4.78 is 5.85. The van der Waals surface area contributed by atoms with Crippen LogP contribution >= 0.6 is 11.8 Å². The Morgan fingerprint density at radius 3 is 2.71 bits per heavy atom. The molecule has 3 rings (SSSR count). The molecule has 0 radical (unpaired) electrons. The number of aliphatic hydroxyl groups excluding tert-OH is 2. The van der Waals surface area contributed by atoms with Gasteiger partial charge < -0.3 is 20.1 Å². The van der Waals surface area contributed by atoms with Crippen LogP contribution in [0.4, 0.5) is 0 Å². The summed E-state index contributed by atoms with van der Waals surface area (Å²) >= 11 is 1.50. The number of carbonyl (C=O) groups is 1. The van der Waals surface area contributed by atoms with Gasteiger partial charge in [0.2, 0.25) is 0 Å². The molecule has 160 valence electrons. The highest BCUT2D eigenvalue weighted by Gasteiger charge is 2.46. The van der Waals surface area contributed by atoms with Crippen molar-refractivity contribution in [3.8, 4) is 0 Å². The standard InChI is InChI=1S/C22H36O5S/c23-17(13-27-18-4-2-1-3-5-18)6-7-19-20-11-15(8-9-28-14-22(25)26)10-16(20)12-21(19)24/h6-7,15-21,23-24H,1-5,8-14H2,(H,25,26)/t15?,16-,17?,19+,20+,21+/m0/s1. The SMILES string of the molecule is O=C(O)CSCCC1C[C@H]2C[C@@H](O)[C@H](C=CC(O)COC3CCCCC3)[C@@H]2C1. The Morgan fingerprint density at radius 2 is 1.96 bits per heavy atom. The van der Waals surface area contributed by atoms with Gasteiger partial charge in [0.1, 0.15) is 0 Å². The van der Waals surface area contributed by atoms with E-state index in [4.69, 9.17) is 9.84 Å². The molecular formula is C22H36O5S. The van der Waals surface area contributed by atoms with Gasteiger partial charge in [-0.05, 0) is 62.0 Å². The van der Waals surface area contributed by atoms with Crippen molar-refractivity contribution in [1.29, 1.82) is 0 Å². The van der Waals surface area contributed by atoms with Crippen LogP contribution in [0.5, 0.6) is 0 Å². The van der Waals surface area contributed by atoms with Crippen LogP contribution in [0.1, 0.15) is 57.8 Å². The molecule has 3 N–H and O–H groups in total. The smallest absolute Gasteiger partial charge is 0.313 e. The molecule has 6 atom stereocenters. The molecule has 0 spiro atoms. The van der Waals surface area contributed by atoms with E-state index in [1.807, 2.05) is 12.2 Å². The Balaban J connectivity index is 1.40. The number of aliphatic carboxylic acids is 1. The summed E-state index contributed by atoms with van der Waals surface area (Å²) in [6, 6.07) is 0. The average molecular weight is 413 g/mol. The lowest BCUT2D eigenvalue weighted by Crippen LogP contribution is -2.23. The molecule has 0 saturated heterocycles. The largest absolute Gasteiger partial charge is 0.481 e. The molecule has 0 aromatic rings. The Hall–Kier alpha value is -0.560. The van der Waals surface area contributed by atoms with E-state index in [-0.39, 0.29) is 17.8 Å². The second-order valence-electron chi connectivity index (χ2n) is 8.92. The van der Waals surface area contributed by atoms with E-state index in [2.05, 4.69) is 0 Å². The maximum absolute atomic E-state index is 10.6. The van der Waals surface area contributed by atoms with Crippen LogP contribution in [-0.4, -0.2) is 57.7 Å². The minimum absolute atomic E-state index is 0.131. The maximum Gasteiger partial charge on any atom is 0.313 e. The fourth-order valence-corrected chi connectivity index (χ4v) is 6.29. The number of rotatable bonds is 10. The Kier molecular flexibility index (Phi) is 8.70. The topological polar surface area (TPSA) is 87.0 Å². The third-order valence-corrected chi connectivity index (χ3v) is 7.81. The van der Waals surface area contributed by atoms with Crippen molar-refractivity contribution in [2.75, 3.05) is 18.1 Å². The first-order chi connectivity index (χ1) is 13.5. The van der Waals surface area contributed by atoms with Crippen molar-refractivity contribution in [1.82, 2.24) is 0 Å². The van der Waals surface area contributed by atoms with Crippen molar-refractivity contribution < 1.29 is 24.9 Å². The first kappa shape index (κ1) is 22.1. The number of carboxylic acid groups (broad SMARTS) is 1. The highest BCUT2D eigenvalue weighted by Crippen LogP contribution is 2.51. The zero-order valence-electron chi connectivity index (χ0n) is 16.7. The highest BCUT2D eigenvalue weighted by atomic mass is 32.2. The molecule has 0 aromatic carbocycles. The van der Waals surface area contributed by atoms with Gasteiger partial charge in [0.25, 0.3) is 0 Å². The van der Waals surface area contributed by atoms with E-state index in [0.29, 0.717) is 30.5 Å². The van der Waals surface area contributed by atoms with Crippen molar-refractivity contribution in [3.05, 3.63) is 12.2 Å². The van der Waals surface area contributed by atoms with Gasteiger partial charge in [-0.2, -0.15) is 11.8 Å². The maximum atomic E-state index is 10.6. The van der Waals surface area contributed by atoms with E-state index >= 15 is 0 Å². The molecule has 0 bridgehead atoms. The molecule has 3 aliphatic carbocycles. The van der Waals surface area contributed by atoms with Gasteiger partial charge in [0.15, 0.2) is 0 Å². The number of aliphatic hydroxyl groups is 2. The molecule has 0 aliphatic heterocycles. The molecule has 0 amide bonds. The number of ether oxygens (including phenoxy) is 1. The fourth-order valence-electron chi connectivity index (χ4n) is 5.47. The van der Waals surface area contributed by atoms with E-state index in [0.717, 1.165) is 44.3 Å². The van der Waals surface area contributed by atoms with Crippen molar-refractivity contribution in [3.63, 3.8) is 0 Å². The summed E-state index contributed by atoms with van der Waals surface area (Å²) in [5, 5.41) is 29.5. The number of carboxylic acids is 1. The minimum atomic E-state index is -0.743. The van der Waals surface area contributed by atoms with Crippen molar-refractivity contribution >= 4 is 17.7 Å². The Morgan fingerprint density at radius 1 is 1.18 bits per heavy atom. The average Bonchev–Trinajstić information content (AvgIpc) is 3.19. The molecule has 0 heterocycles. The lowest BCUT2D eigenvalue weighted by molar-refractivity contribution is -0.133. The van der Waals surface area contributed by atoms with E-state index in [1.165, 1.54) is 31.0 Å². The third kappa shape index (κ3) is 6.48. The van der Waals surface area contributed by atoms with Gasteiger partial charge in [-0.1, -0.05) is 31.4 Å².